The normalized spacial score (nSPS) is 10.2. The van der Waals surface area contributed by atoms with Crippen LogP contribution >= 0.6 is 0 Å². The van der Waals surface area contributed by atoms with Gasteiger partial charge in [0.2, 0.25) is 0 Å². The Hall–Kier alpha value is -2.50. The zero-order chi connectivity index (χ0) is 12.4. The molecule has 0 amide bonds. The fraction of sp³-hybridized carbons (Fsp3) is 0. The molecule has 1 heterocycles. The van der Waals surface area contributed by atoms with Crippen LogP contribution in [0.5, 0.6) is 0 Å². The van der Waals surface area contributed by atoms with Gasteiger partial charge in [0.15, 0.2) is 0 Å². The van der Waals surface area contributed by atoms with Gasteiger partial charge in [-0.25, -0.2) is 9.18 Å². The van der Waals surface area contributed by atoms with Gasteiger partial charge in [0.05, 0.1) is 0 Å². The molecule has 0 spiro atoms. The third-order valence-corrected chi connectivity index (χ3v) is 2.16. The number of carboxylic acid groups (broad SMARTS) is 1. The molecule has 0 aliphatic carbocycles. The van der Waals surface area contributed by atoms with Crippen molar-refractivity contribution in [3.63, 3.8) is 0 Å². The SMILES string of the molecule is O=C(O)c1ccnn(-c2ccccc2F)c1=O. The van der Waals surface area contributed by atoms with Gasteiger partial charge in [-0.1, -0.05) is 12.1 Å². The van der Waals surface area contributed by atoms with Crippen LogP contribution in [0.2, 0.25) is 0 Å². The van der Waals surface area contributed by atoms with Crippen LogP contribution < -0.4 is 5.56 Å². The van der Waals surface area contributed by atoms with Gasteiger partial charge in [-0.2, -0.15) is 9.78 Å². The standard InChI is InChI=1S/C11H7FN2O3/c12-8-3-1-2-4-9(8)14-10(15)7(11(16)17)5-6-13-14/h1-6H,(H,16,17). The van der Waals surface area contributed by atoms with Crippen LogP contribution in [0.25, 0.3) is 5.69 Å². The van der Waals surface area contributed by atoms with E-state index >= 15 is 0 Å². The van der Waals surface area contributed by atoms with Crippen LogP contribution in [-0.4, -0.2) is 20.9 Å². The first-order chi connectivity index (χ1) is 8.11. The number of aromatic carboxylic acids is 1. The van der Waals surface area contributed by atoms with Crippen molar-refractivity contribution in [3.8, 4) is 5.69 Å². The summed E-state index contributed by atoms with van der Waals surface area (Å²) in [5, 5.41) is 12.4. The molecule has 0 saturated heterocycles. The van der Waals surface area contributed by atoms with Crippen molar-refractivity contribution in [1.29, 1.82) is 0 Å². The maximum absolute atomic E-state index is 13.4. The number of benzene rings is 1. The zero-order valence-electron chi connectivity index (χ0n) is 8.50. The Bertz CT molecular complexity index is 637. The minimum atomic E-state index is -1.37. The fourth-order valence-electron chi connectivity index (χ4n) is 1.37. The van der Waals surface area contributed by atoms with Gasteiger partial charge in [-0.3, -0.25) is 4.79 Å². The van der Waals surface area contributed by atoms with Crippen molar-refractivity contribution in [2.45, 2.75) is 0 Å². The molecule has 0 radical (unpaired) electrons. The quantitative estimate of drug-likeness (QED) is 0.843. The van der Waals surface area contributed by atoms with Crippen LogP contribution in [0.3, 0.4) is 0 Å². The molecule has 2 rings (SSSR count). The van der Waals surface area contributed by atoms with Gasteiger partial charge in [0.1, 0.15) is 17.1 Å². The van der Waals surface area contributed by atoms with E-state index in [4.69, 9.17) is 5.11 Å². The highest BCUT2D eigenvalue weighted by Crippen LogP contribution is 2.09. The molecule has 1 N–H and O–H groups in total. The highest BCUT2D eigenvalue weighted by Gasteiger charge is 2.13. The minimum absolute atomic E-state index is 0.0828. The maximum Gasteiger partial charge on any atom is 0.341 e. The van der Waals surface area contributed by atoms with E-state index in [0.717, 1.165) is 23.0 Å². The number of hydrogen-bond acceptors (Lipinski definition) is 3. The highest BCUT2D eigenvalue weighted by atomic mass is 19.1. The summed E-state index contributed by atoms with van der Waals surface area (Å²) in [6.07, 6.45) is 1.14. The fourth-order valence-corrected chi connectivity index (χ4v) is 1.37. The van der Waals surface area contributed by atoms with Crippen molar-refractivity contribution in [2.75, 3.05) is 0 Å². The molecule has 17 heavy (non-hydrogen) atoms. The first-order valence-corrected chi connectivity index (χ1v) is 4.68. The average molecular weight is 234 g/mol. The molecule has 86 valence electrons. The number of rotatable bonds is 2. The minimum Gasteiger partial charge on any atom is -0.477 e. The van der Waals surface area contributed by atoms with Crippen LogP contribution in [0.15, 0.2) is 41.3 Å². The largest absolute Gasteiger partial charge is 0.477 e. The van der Waals surface area contributed by atoms with Crippen molar-refractivity contribution in [1.82, 2.24) is 9.78 Å². The van der Waals surface area contributed by atoms with Gasteiger partial charge in [0.25, 0.3) is 5.56 Å². The monoisotopic (exact) mass is 234 g/mol. The topological polar surface area (TPSA) is 72.2 Å². The lowest BCUT2D eigenvalue weighted by atomic mass is 10.3. The smallest absolute Gasteiger partial charge is 0.341 e. The van der Waals surface area contributed by atoms with Gasteiger partial charge in [0, 0.05) is 6.20 Å². The predicted octanol–water partition coefficient (Wildman–Crippen LogP) is 1.07. The average Bonchev–Trinajstić information content (AvgIpc) is 2.30. The summed E-state index contributed by atoms with van der Waals surface area (Å²) >= 11 is 0. The zero-order valence-corrected chi connectivity index (χ0v) is 8.50. The second kappa shape index (κ2) is 4.17. The summed E-state index contributed by atoms with van der Waals surface area (Å²) in [7, 11) is 0. The summed E-state index contributed by atoms with van der Waals surface area (Å²) in [5.41, 5.74) is -1.41. The second-order valence-electron chi connectivity index (χ2n) is 3.22. The maximum atomic E-state index is 13.4. The Balaban J connectivity index is 2.70. The first-order valence-electron chi connectivity index (χ1n) is 4.68. The van der Waals surface area contributed by atoms with Crippen molar-refractivity contribution in [2.24, 2.45) is 0 Å². The van der Waals surface area contributed by atoms with Crippen LogP contribution in [0, 0.1) is 5.82 Å². The van der Waals surface area contributed by atoms with Gasteiger partial charge >= 0.3 is 5.97 Å². The van der Waals surface area contributed by atoms with E-state index in [1.807, 2.05) is 0 Å². The summed E-state index contributed by atoms with van der Waals surface area (Å²) < 4.78 is 14.2. The third-order valence-electron chi connectivity index (χ3n) is 2.16. The Morgan fingerprint density at radius 3 is 2.65 bits per heavy atom. The number of nitrogens with zero attached hydrogens (tertiary/aromatic N) is 2. The van der Waals surface area contributed by atoms with Crippen molar-refractivity contribution < 1.29 is 14.3 Å². The van der Waals surface area contributed by atoms with Gasteiger partial charge in [-0.15, -0.1) is 0 Å². The Labute approximate surface area is 94.8 Å². The molecule has 6 heteroatoms. The van der Waals surface area contributed by atoms with E-state index in [2.05, 4.69) is 5.10 Å². The van der Waals surface area contributed by atoms with Crippen molar-refractivity contribution in [3.05, 3.63) is 58.3 Å². The predicted molar refractivity (Wildman–Crippen MR) is 56.8 cm³/mol. The lowest BCUT2D eigenvalue weighted by Crippen LogP contribution is -2.27. The molecule has 1 aromatic carbocycles. The van der Waals surface area contributed by atoms with E-state index in [-0.39, 0.29) is 5.69 Å². The highest BCUT2D eigenvalue weighted by molar-refractivity contribution is 5.86. The van der Waals surface area contributed by atoms with E-state index in [9.17, 15) is 14.0 Å². The lowest BCUT2D eigenvalue weighted by Gasteiger charge is -2.05. The van der Waals surface area contributed by atoms with Gasteiger partial charge < -0.3 is 5.11 Å². The van der Waals surface area contributed by atoms with E-state index < -0.39 is 22.9 Å². The molecule has 0 fully saturated rings. The molecule has 1 aromatic heterocycles. The number of hydrogen-bond donors (Lipinski definition) is 1. The van der Waals surface area contributed by atoms with Crippen LogP contribution in [-0.2, 0) is 0 Å². The molecule has 2 aromatic rings. The number of carboxylic acids is 1. The van der Waals surface area contributed by atoms with Crippen LogP contribution in [0.4, 0.5) is 4.39 Å². The molecule has 0 unspecified atom stereocenters. The second-order valence-corrected chi connectivity index (χ2v) is 3.22. The number of halogens is 1. The Kier molecular flexibility index (Phi) is 2.70. The summed E-state index contributed by atoms with van der Waals surface area (Å²) in [4.78, 5) is 22.5. The van der Waals surface area contributed by atoms with Gasteiger partial charge in [-0.05, 0) is 18.2 Å². The third kappa shape index (κ3) is 1.92. The van der Waals surface area contributed by atoms with Crippen molar-refractivity contribution >= 4 is 5.97 Å². The summed E-state index contributed by atoms with van der Waals surface area (Å²) in [6.45, 7) is 0. The first kappa shape index (κ1) is 11.0. The Morgan fingerprint density at radius 2 is 2.00 bits per heavy atom. The summed E-state index contributed by atoms with van der Waals surface area (Å²) in [5.74, 6) is -2.02. The Morgan fingerprint density at radius 1 is 1.29 bits per heavy atom. The molecule has 0 saturated carbocycles. The molecule has 0 aliphatic heterocycles. The molecule has 0 bridgehead atoms. The van der Waals surface area contributed by atoms with Crippen LogP contribution in [0.1, 0.15) is 10.4 Å². The molecular weight excluding hydrogens is 227 g/mol. The molecule has 5 nitrogen and oxygen atoms in total. The molecule has 0 atom stereocenters. The summed E-state index contributed by atoms with van der Waals surface area (Å²) in [6, 6.07) is 6.57. The number of aromatic nitrogens is 2. The van der Waals surface area contributed by atoms with E-state index in [0.29, 0.717) is 0 Å². The van der Waals surface area contributed by atoms with E-state index in [1.54, 1.807) is 0 Å². The number of para-hydroxylation sites is 1. The molecular formula is C11H7FN2O3. The number of carbonyl (C=O) groups is 1. The van der Waals surface area contributed by atoms with E-state index in [1.165, 1.54) is 18.2 Å². The lowest BCUT2D eigenvalue weighted by molar-refractivity contribution is 0.0694. The molecule has 0 aliphatic rings.